The van der Waals surface area contributed by atoms with Crippen LogP contribution in [0, 0.1) is 5.92 Å². The van der Waals surface area contributed by atoms with Gasteiger partial charge in [0.05, 0.1) is 12.0 Å². The summed E-state index contributed by atoms with van der Waals surface area (Å²) in [6.45, 7) is 0. The number of carboxylic acids is 1. The van der Waals surface area contributed by atoms with Gasteiger partial charge >= 0.3 is 5.97 Å². The topological polar surface area (TPSA) is 171 Å². The van der Waals surface area contributed by atoms with Crippen LogP contribution in [0.1, 0.15) is 47.9 Å². The number of benzene rings is 5. The number of amides is 4. The van der Waals surface area contributed by atoms with Crippen LogP contribution in [0.25, 0.3) is 11.1 Å². The van der Waals surface area contributed by atoms with E-state index in [9.17, 15) is 33.9 Å². The predicted octanol–water partition coefficient (Wildman–Crippen LogP) is 5.86. The highest BCUT2D eigenvalue weighted by Gasteiger charge is 2.32. The lowest BCUT2D eigenvalue weighted by atomic mass is 9.90. The van der Waals surface area contributed by atoms with Crippen molar-refractivity contribution < 1.29 is 33.9 Å². The number of nitrogens with one attached hydrogen (secondary N) is 4. The number of anilines is 1. The van der Waals surface area contributed by atoms with Gasteiger partial charge < -0.3 is 26.4 Å². The fourth-order valence-electron chi connectivity index (χ4n) is 7.13. The van der Waals surface area contributed by atoms with Crippen molar-refractivity contribution in [2.75, 3.05) is 5.32 Å². The number of Topliss-reactive ketones (excluding diaryl/α,β-unsaturated/α-hetero) is 1. The van der Waals surface area contributed by atoms with E-state index in [2.05, 4.69) is 21.3 Å². The fourth-order valence-corrected chi connectivity index (χ4v) is 7.13. The molecule has 4 atom stereocenters. The third-order valence-corrected chi connectivity index (χ3v) is 10.4. The van der Waals surface area contributed by atoms with Crippen molar-refractivity contribution in [2.24, 2.45) is 5.92 Å². The minimum atomic E-state index is -1.19. The lowest BCUT2D eigenvalue weighted by Gasteiger charge is -2.26. The van der Waals surface area contributed by atoms with E-state index in [1.165, 1.54) is 0 Å². The van der Waals surface area contributed by atoms with Gasteiger partial charge in [-0.05, 0) is 71.2 Å². The molecule has 4 amide bonds. The number of rotatable bonds is 9. The van der Waals surface area contributed by atoms with Gasteiger partial charge in [-0.25, -0.2) is 0 Å². The van der Waals surface area contributed by atoms with Crippen molar-refractivity contribution in [3.8, 4) is 11.1 Å². The van der Waals surface area contributed by atoms with Gasteiger partial charge in [0.1, 0.15) is 12.1 Å². The molecular formula is C48H48N4O7. The minimum Gasteiger partial charge on any atom is -0.481 e. The molecule has 7 rings (SSSR count). The smallest absolute Gasteiger partial charge is 0.307 e. The van der Waals surface area contributed by atoms with Gasteiger partial charge in [-0.1, -0.05) is 127 Å². The van der Waals surface area contributed by atoms with E-state index in [0.717, 1.165) is 27.8 Å². The summed E-state index contributed by atoms with van der Waals surface area (Å²) in [5, 5.41) is 21.6. The molecule has 0 radical (unpaired) electrons. The molecule has 0 unspecified atom stereocenters. The van der Waals surface area contributed by atoms with Crippen LogP contribution in [-0.2, 0) is 54.5 Å². The SMILES string of the molecule is O=C1CCC(=O)N[C@H](CCc2ccccc2)C(=O)N[C@@H](Cc2ccc(-c3ccccc3)cc2)C(=O)N[C@H](Cc2ccccc2)C(=O)C[C@H](C(=O)O)Cc2ccc(cc2)N1. The van der Waals surface area contributed by atoms with Crippen molar-refractivity contribution in [2.45, 2.75) is 69.5 Å². The molecule has 5 aromatic carbocycles. The monoisotopic (exact) mass is 792 g/mol. The molecule has 302 valence electrons. The van der Waals surface area contributed by atoms with Crippen LogP contribution in [0.4, 0.5) is 5.69 Å². The average Bonchev–Trinajstić information content (AvgIpc) is 3.25. The van der Waals surface area contributed by atoms with Gasteiger partial charge in [0, 0.05) is 31.4 Å². The van der Waals surface area contributed by atoms with E-state index in [1.807, 2.05) is 115 Å². The quantitative estimate of drug-likeness (QED) is 0.116. The summed E-state index contributed by atoms with van der Waals surface area (Å²) in [5.41, 5.74) is 5.49. The highest BCUT2D eigenvalue weighted by Crippen LogP contribution is 2.22. The Morgan fingerprint density at radius 2 is 1.05 bits per heavy atom. The number of carbonyl (C=O) groups is 6. The predicted molar refractivity (Wildman–Crippen MR) is 225 cm³/mol. The average molecular weight is 793 g/mol. The van der Waals surface area contributed by atoms with Crippen molar-refractivity contribution in [3.05, 3.63) is 162 Å². The highest BCUT2D eigenvalue weighted by atomic mass is 16.4. The number of ketones is 1. The molecule has 5 N–H and O–H groups in total. The third-order valence-electron chi connectivity index (χ3n) is 10.4. The third kappa shape index (κ3) is 12.6. The molecule has 2 aliphatic rings. The largest absolute Gasteiger partial charge is 0.481 e. The number of fused-ring (bicyclic) bond motifs is 18. The molecule has 0 saturated carbocycles. The highest BCUT2D eigenvalue weighted by molar-refractivity contribution is 5.97. The molecule has 2 heterocycles. The summed E-state index contributed by atoms with van der Waals surface area (Å²) < 4.78 is 0. The molecule has 2 bridgehead atoms. The van der Waals surface area contributed by atoms with Crippen LogP contribution in [0.5, 0.6) is 0 Å². The van der Waals surface area contributed by atoms with Gasteiger partial charge in [-0.15, -0.1) is 0 Å². The zero-order valence-electron chi connectivity index (χ0n) is 32.6. The summed E-state index contributed by atoms with van der Waals surface area (Å²) in [6.07, 6.45) is 0.0930. The van der Waals surface area contributed by atoms with Gasteiger partial charge in [0.15, 0.2) is 5.78 Å². The van der Waals surface area contributed by atoms with Crippen molar-refractivity contribution >= 4 is 41.1 Å². The first-order valence-electron chi connectivity index (χ1n) is 19.9. The summed E-state index contributed by atoms with van der Waals surface area (Å²) in [4.78, 5) is 81.6. The zero-order chi connectivity index (χ0) is 41.6. The van der Waals surface area contributed by atoms with E-state index in [-0.39, 0.29) is 44.9 Å². The maximum Gasteiger partial charge on any atom is 0.307 e. The number of carbonyl (C=O) groups excluding carboxylic acids is 5. The first-order chi connectivity index (χ1) is 28.6. The molecule has 11 nitrogen and oxygen atoms in total. The van der Waals surface area contributed by atoms with Crippen LogP contribution in [0.3, 0.4) is 0 Å². The van der Waals surface area contributed by atoms with Gasteiger partial charge in [0.25, 0.3) is 0 Å². The van der Waals surface area contributed by atoms with E-state index in [1.54, 1.807) is 24.3 Å². The Hall–Kier alpha value is -6.88. The minimum absolute atomic E-state index is 0.0313. The maximum atomic E-state index is 14.5. The molecule has 0 aliphatic carbocycles. The number of aryl methyl sites for hydroxylation is 1. The van der Waals surface area contributed by atoms with Crippen LogP contribution >= 0.6 is 0 Å². The van der Waals surface area contributed by atoms with Crippen molar-refractivity contribution in [1.29, 1.82) is 0 Å². The molecule has 2 aliphatic heterocycles. The van der Waals surface area contributed by atoms with Crippen molar-refractivity contribution in [1.82, 2.24) is 16.0 Å². The van der Waals surface area contributed by atoms with E-state index < -0.39 is 59.4 Å². The van der Waals surface area contributed by atoms with Gasteiger partial charge in [-0.2, -0.15) is 0 Å². The molecule has 0 spiro atoms. The zero-order valence-corrected chi connectivity index (χ0v) is 32.6. The Morgan fingerprint density at radius 3 is 1.69 bits per heavy atom. The second-order valence-corrected chi connectivity index (χ2v) is 14.9. The molecule has 0 aromatic heterocycles. The standard InChI is InChI=1S/C48H48N4O7/c53-43-31-38(48(58)59)28-34-18-23-39(24-19-34)49-44(54)26-27-45(55)50-40(25-20-32-10-4-1-5-11-32)46(56)52-42(47(57)51-41(43)29-33-12-6-2-7-13-33)30-35-16-21-37(22-17-35)36-14-8-3-9-15-36/h1-19,21-24,38,40-42H,20,25-31H2,(H,49,54)(H,50,55)(H,51,57)(H,52,56)(H,58,59)/t38-,40-,41-,42+/m1/s1. The molecule has 5 aromatic rings. The normalized spacial score (nSPS) is 19.7. The fraction of sp³-hybridized carbons (Fsp3) is 0.250. The van der Waals surface area contributed by atoms with Gasteiger partial charge in [-0.3, -0.25) is 28.8 Å². The van der Waals surface area contributed by atoms with Crippen LogP contribution < -0.4 is 21.3 Å². The first-order valence-corrected chi connectivity index (χ1v) is 19.9. The summed E-state index contributed by atoms with van der Waals surface area (Å²) >= 11 is 0. The molecule has 11 heteroatoms. The molecule has 59 heavy (non-hydrogen) atoms. The van der Waals surface area contributed by atoms with Gasteiger partial charge in [0.2, 0.25) is 23.6 Å². The van der Waals surface area contributed by atoms with E-state index in [0.29, 0.717) is 17.7 Å². The van der Waals surface area contributed by atoms with Crippen LogP contribution in [0.15, 0.2) is 140 Å². The Morgan fingerprint density at radius 1 is 0.525 bits per heavy atom. The number of aliphatic carboxylic acids is 1. The number of carboxylic acid groups (broad SMARTS) is 1. The summed E-state index contributed by atoms with van der Waals surface area (Å²) in [5.74, 6) is -4.93. The summed E-state index contributed by atoms with van der Waals surface area (Å²) in [6, 6.07) is 39.2. The van der Waals surface area contributed by atoms with Crippen LogP contribution in [-0.4, -0.2) is 58.6 Å². The lowest BCUT2D eigenvalue weighted by molar-refractivity contribution is -0.144. The number of hydrogen-bond acceptors (Lipinski definition) is 6. The Labute approximate surface area is 343 Å². The molecule has 0 saturated heterocycles. The van der Waals surface area contributed by atoms with Crippen molar-refractivity contribution in [3.63, 3.8) is 0 Å². The summed E-state index contributed by atoms with van der Waals surface area (Å²) in [7, 11) is 0. The Kier molecular flexibility index (Phi) is 14.5. The van der Waals surface area contributed by atoms with Crippen LogP contribution in [0.2, 0.25) is 0 Å². The Balaban J connectivity index is 1.34. The first kappa shape index (κ1) is 41.7. The molecular weight excluding hydrogens is 745 g/mol. The lowest BCUT2D eigenvalue weighted by Crippen LogP contribution is -2.57. The molecule has 0 fully saturated rings. The van der Waals surface area contributed by atoms with E-state index in [4.69, 9.17) is 0 Å². The Bertz CT molecular complexity index is 2210. The maximum absolute atomic E-state index is 14.5. The van der Waals surface area contributed by atoms with E-state index >= 15 is 0 Å². The second kappa shape index (κ2) is 20.5. The second-order valence-electron chi connectivity index (χ2n) is 14.9. The number of hydrogen-bond donors (Lipinski definition) is 5.